The molecule has 41 heavy (non-hydrogen) atoms. The molecule has 1 saturated carbocycles. The number of aryl methyl sites for hydroxylation is 1. The molecule has 1 aliphatic carbocycles. The summed E-state index contributed by atoms with van der Waals surface area (Å²) in [4.78, 5) is 36.9. The van der Waals surface area contributed by atoms with Gasteiger partial charge in [-0.3, -0.25) is 24.4 Å². The van der Waals surface area contributed by atoms with E-state index in [4.69, 9.17) is 9.15 Å². The molecule has 2 amide bonds. The summed E-state index contributed by atoms with van der Waals surface area (Å²) in [7, 11) is 0. The van der Waals surface area contributed by atoms with Crippen LogP contribution in [-0.2, 0) is 16.1 Å². The van der Waals surface area contributed by atoms with E-state index in [2.05, 4.69) is 15.2 Å². The minimum absolute atomic E-state index is 0.103. The molecule has 212 valence electrons. The first-order chi connectivity index (χ1) is 20.0. The highest BCUT2D eigenvalue weighted by Gasteiger charge is 2.36. The number of ether oxygens (including phenoxy) is 1. The quantitative estimate of drug-likeness (QED) is 0.314. The SMILES string of the molecule is Cc1ccc(C(C(=O)NC2CCCC2)N(C(=O)c2ccc(CN3CCOCC3)o2)c2cnc3ccccc3c2)cc1. The van der Waals surface area contributed by atoms with E-state index in [0.717, 1.165) is 60.8 Å². The lowest BCUT2D eigenvalue weighted by Gasteiger charge is -2.32. The molecule has 1 aliphatic heterocycles. The fourth-order valence-corrected chi connectivity index (χ4v) is 5.77. The Balaban J connectivity index is 1.40. The van der Waals surface area contributed by atoms with E-state index in [1.54, 1.807) is 17.2 Å². The number of hydrogen-bond donors (Lipinski definition) is 1. The highest BCUT2D eigenvalue weighted by molar-refractivity contribution is 6.09. The molecule has 0 bridgehead atoms. The first-order valence-corrected chi connectivity index (χ1v) is 14.5. The van der Waals surface area contributed by atoms with Crippen molar-refractivity contribution >= 4 is 28.4 Å². The van der Waals surface area contributed by atoms with Gasteiger partial charge in [0.15, 0.2) is 5.76 Å². The highest BCUT2D eigenvalue weighted by atomic mass is 16.5. The van der Waals surface area contributed by atoms with Crippen molar-refractivity contribution in [2.45, 2.75) is 51.2 Å². The van der Waals surface area contributed by atoms with Crippen molar-refractivity contribution in [3.8, 4) is 0 Å². The zero-order chi connectivity index (χ0) is 28.2. The summed E-state index contributed by atoms with van der Waals surface area (Å²) in [6.07, 6.45) is 5.75. The number of benzene rings is 2. The average molecular weight is 553 g/mol. The number of nitrogens with zero attached hydrogens (tertiary/aromatic N) is 3. The molecule has 8 heteroatoms. The van der Waals surface area contributed by atoms with Crippen LogP contribution >= 0.6 is 0 Å². The number of rotatable bonds is 8. The number of carbonyl (C=O) groups is 2. The molecule has 1 N–H and O–H groups in total. The van der Waals surface area contributed by atoms with Crippen LogP contribution < -0.4 is 10.2 Å². The summed E-state index contributed by atoms with van der Waals surface area (Å²) in [5.41, 5.74) is 3.16. The molecule has 0 radical (unpaired) electrons. The zero-order valence-corrected chi connectivity index (χ0v) is 23.4. The summed E-state index contributed by atoms with van der Waals surface area (Å²) >= 11 is 0. The van der Waals surface area contributed by atoms with Crippen molar-refractivity contribution < 1.29 is 18.7 Å². The van der Waals surface area contributed by atoms with Crippen molar-refractivity contribution in [3.63, 3.8) is 0 Å². The Morgan fingerprint density at radius 3 is 2.56 bits per heavy atom. The molecule has 4 aromatic rings. The Labute approximate surface area is 240 Å². The van der Waals surface area contributed by atoms with Crippen LogP contribution in [0.25, 0.3) is 10.9 Å². The molecule has 2 fully saturated rings. The molecule has 1 atom stereocenters. The number of para-hydroxylation sites is 1. The smallest absolute Gasteiger partial charge is 0.295 e. The van der Waals surface area contributed by atoms with Gasteiger partial charge in [0.1, 0.15) is 11.8 Å². The Morgan fingerprint density at radius 2 is 1.78 bits per heavy atom. The van der Waals surface area contributed by atoms with Crippen LogP contribution in [0.4, 0.5) is 5.69 Å². The predicted octanol–water partition coefficient (Wildman–Crippen LogP) is 5.42. The van der Waals surface area contributed by atoms with Gasteiger partial charge in [-0.25, -0.2) is 0 Å². The molecule has 6 rings (SSSR count). The van der Waals surface area contributed by atoms with E-state index in [9.17, 15) is 9.59 Å². The van der Waals surface area contributed by atoms with Crippen LogP contribution in [0, 0.1) is 6.92 Å². The second-order valence-corrected chi connectivity index (χ2v) is 11.0. The third-order valence-electron chi connectivity index (χ3n) is 8.03. The third kappa shape index (κ3) is 6.19. The lowest BCUT2D eigenvalue weighted by atomic mass is 10.0. The number of hydrogen-bond acceptors (Lipinski definition) is 6. The van der Waals surface area contributed by atoms with Crippen molar-refractivity contribution in [2.75, 3.05) is 31.2 Å². The molecule has 1 unspecified atom stereocenters. The van der Waals surface area contributed by atoms with Crippen LogP contribution in [0.5, 0.6) is 0 Å². The number of pyridine rings is 1. The topological polar surface area (TPSA) is 87.9 Å². The van der Waals surface area contributed by atoms with Crippen LogP contribution in [0.3, 0.4) is 0 Å². The van der Waals surface area contributed by atoms with Gasteiger partial charge in [0.2, 0.25) is 5.91 Å². The van der Waals surface area contributed by atoms with Gasteiger partial charge in [0.05, 0.1) is 37.2 Å². The van der Waals surface area contributed by atoms with Gasteiger partial charge in [-0.15, -0.1) is 0 Å². The lowest BCUT2D eigenvalue weighted by Crippen LogP contribution is -2.46. The largest absolute Gasteiger partial charge is 0.455 e. The van der Waals surface area contributed by atoms with Crippen LogP contribution in [0.2, 0.25) is 0 Å². The summed E-state index contributed by atoms with van der Waals surface area (Å²) in [5.74, 6) is 0.297. The summed E-state index contributed by atoms with van der Waals surface area (Å²) in [6.45, 7) is 5.60. The lowest BCUT2D eigenvalue weighted by molar-refractivity contribution is -0.123. The van der Waals surface area contributed by atoms with E-state index in [-0.39, 0.29) is 23.6 Å². The number of carbonyl (C=O) groups excluding carboxylic acids is 2. The number of aromatic nitrogens is 1. The summed E-state index contributed by atoms with van der Waals surface area (Å²) < 4.78 is 11.6. The standard InChI is InChI=1S/C33H36N4O4/c1-23-10-12-24(13-11-23)31(32(38)35-26-7-3-4-8-26)37(27-20-25-6-2-5-9-29(25)34-21-27)33(39)30-15-14-28(41-30)22-36-16-18-40-19-17-36/h2,5-6,9-15,20-21,26,31H,3-4,7-8,16-19,22H2,1H3,(H,35,38). The van der Waals surface area contributed by atoms with Crippen molar-refractivity contribution in [3.05, 3.63) is 95.6 Å². The number of amides is 2. The Bertz CT molecular complexity index is 1500. The first-order valence-electron chi connectivity index (χ1n) is 14.5. The molecule has 1 saturated heterocycles. The van der Waals surface area contributed by atoms with Gasteiger partial charge in [0, 0.05) is 24.5 Å². The van der Waals surface area contributed by atoms with Gasteiger partial charge in [-0.05, 0) is 49.6 Å². The number of fused-ring (bicyclic) bond motifs is 1. The maximum Gasteiger partial charge on any atom is 0.295 e. The van der Waals surface area contributed by atoms with E-state index in [1.165, 1.54) is 0 Å². The number of anilines is 1. The van der Waals surface area contributed by atoms with Crippen molar-refractivity contribution in [1.82, 2.24) is 15.2 Å². The maximum absolute atomic E-state index is 14.4. The van der Waals surface area contributed by atoms with Crippen LogP contribution in [0.1, 0.15) is 59.2 Å². The Hall–Kier alpha value is -4.01. The molecular formula is C33H36N4O4. The van der Waals surface area contributed by atoms with Crippen LogP contribution in [-0.4, -0.2) is 54.0 Å². The van der Waals surface area contributed by atoms with Gasteiger partial charge < -0.3 is 14.5 Å². The Kier molecular flexibility index (Phi) is 8.11. The number of furan rings is 1. The molecule has 2 aliphatic rings. The predicted molar refractivity (Wildman–Crippen MR) is 158 cm³/mol. The summed E-state index contributed by atoms with van der Waals surface area (Å²) in [5, 5.41) is 4.13. The molecule has 2 aromatic heterocycles. The zero-order valence-electron chi connectivity index (χ0n) is 23.4. The molecular weight excluding hydrogens is 516 g/mol. The van der Waals surface area contributed by atoms with E-state index < -0.39 is 6.04 Å². The van der Waals surface area contributed by atoms with Gasteiger partial charge in [0.25, 0.3) is 5.91 Å². The van der Waals surface area contributed by atoms with Crippen LogP contribution in [0.15, 0.2) is 77.3 Å². The second kappa shape index (κ2) is 12.2. The Morgan fingerprint density at radius 1 is 1.02 bits per heavy atom. The molecule has 3 heterocycles. The monoisotopic (exact) mass is 552 g/mol. The summed E-state index contributed by atoms with van der Waals surface area (Å²) in [6, 6.07) is 20.2. The fraction of sp³-hybridized carbons (Fsp3) is 0.364. The molecule has 8 nitrogen and oxygen atoms in total. The first kappa shape index (κ1) is 27.2. The molecule has 0 spiro atoms. The maximum atomic E-state index is 14.4. The minimum atomic E-state index is -0.903. The van der Waals surface area contributed by atoms with E-state index >= 15 is 0 Å². The third-order valence-corrected chi connectivity index (χ3v) is 8.03. The fourth-order valence-electron chi connectivity index (χ4n) is 5.77. The van der Waals surface area contributed by atoms with Crippen molar-refractivity contribution in [2.24, 2.45) is 0 Å². The second-order valence-electron chi connectivity index (χ2n) is 11.0. The highest BCUT2D eigenvalue weighted by Crippen LogP contribution is 2.32. The van der Waals surface area contributed by atoms with Crippen molar-refractivity contribution in [1.29, 1.82) is 0 Å². The van der Waals surface area contributed by atoms with E-state index in [0.29, 0.717) is 31.2 Å². The van der Waals surface area contributed by atoms with E-state index in [1.807, 2.05) is 67.6 Å². The van der Waals surface area contributed by atoms with Gasteiger partial charge >= 0.3 is 0 Å². The number of nitrogens with one attached hydrogen (secondary N) is 1. The molecule has 2 aromatic carbocycles. The van der Waals surface area contributed by atoms with Gasteiger partial charge in [-0.1, -0.05) is 60.9 Å². The van der Waals surface area contributed by atoms with Gasteiger partial charge in [-0.2, -0.15) is 0 Å². The average Bonchev–Trinajstić information content (AvgIpc) is 3.69. The normalized spacial score (nSPS) is 17.0. The minimum Gasteiger partial charge on any atom is -0.455 e. The number of morpholine rings is 1.